The number of halogens is 3. The van der Waals surface area contributed by atoms with Crippen molar-refractivity contribution in [2.24, 2.45) is 5.41 Å². The van der Waals surface area contributed by atoms with E-state index in [0.717, 1.165) is 6.07 Å². The van der Waals surface area contributed by atoms with Gasteiger partial charge in [-0.25, -0.2) is 4.68 Å². The molecule has 8 heteroatoms. The van der Waals surface area contributed by atoms with E-state index in [1.807, 2.05) is 20.8 Å². The molecule has 0 radical (unpaired) electrons. The minimum atomic E-state index is -4.49. The quantitative estimate of drug-likeness (QED) is 0.852. The van der Waals surface area contributed by atoms with E-state index >= 15 is 0 Å². The highest BCUT2D eigenvalue weighted by molar-refractivity contribution is 5.84. The Kier molecular flexibility index (Phi) is 3.22. The molecule has 0 saturated heterocycles. The Morgan fingerprint density at radius 3 is 2.50 bits per heavy atom. The molecular formula is C12H15F3N3O2-. The third-order valence-electron chi connectivity index (χ3n) is 3.44. The van der Waals surface area contributed by atoms with Crippen LogP contribution in [0.2, 0.25) is 0 Å². The normalized spacial score (nSPS) is 23.1. The van der Waals surface area contributed by atoms with E-state index in [1.54, 1.807) is 0 Å². The van der Waals surface area contributed by atoms with Crippen LogP contribution in [-0.2, 0) is 0 Å². The summed E-state index contributed by atoms with van der Waals surface area (Å²) in [6, 6.07) is -1.20. The van der Waals surface area contributed by atoms with Crippen LogP contribution in [0.1, 0.15) is 43.7 Å². The van der Waals surface area contributed by atoms with Crippen molar-refractivity contribution in [3.05, 3.63) is 11.8 Å². The molecule has 0 saturated carbocycles. The maximum Gasteiger partial charge on any atom is 0.410 e. The molecule has 0 spiro atoms. The second kappa shape index (κ2) is 4.39. The monoisotopic (exact) mass is 290 g/mol. The van der Waals surface area contributed by atoms with Crippen molar-refractivity contribution in [3.63, 3.8) is 0 Å². The molecule has 1 aliphatic rings. The zero-order chi connectivity index (χ0) is 15.3. The fraction of sp³-hybridized carbons (Fsp3) is 0.667. The number of carboxylic acid groups (broad SMARTS) is 1. The van der Waals surface area contributed by atoms with Gasteiger partial charge in [0.15, 0.2) is 6.04 Å². The number of carbonyl (C=O) groups is 1. The molecule has 2 heterocycles. The number of alkyl halides is 3. The molecule has 0 bridgehead atoms. The summed E-state index contributed by atoms with van der Waals surface area (Å²) in [7, 11) is 0. The van der Waals surface area contributed by atoms with Crippen LogP contribution in [0, 0.1) is 5.41 Å². The minimum Gasteiger partial charge on any atom is -0.543 e. The zero-order valence-electron chi connectivity index (χ0n) is 11.3. The topological polar surface area (TPSA) is 70.0 Å². The average molecular weight is 290 g/mol. The lowest BCUT2D eigenvalue weighted by Gasteiger charge is -2.39. The Morgan fingerprint density at radius 1 is 1.45 bits per heavy atom. The molecule has 20 heavy (non-hydrogen) atoms. The molecule has 0 unspecified atom stereocenters. The first-order valence-electron chi connectivity index (χ1n) is 6.14. The Morgan fingerprint density at radius 2 is 2.05 bits per heavy atom. The van der Waals surface area contributed by atoms with Gasteiger partial charge in [0.25, 0.3) is 0 Å². The summed E-state index contributed by atoms with van der Waals surface area (Å²) in [5.74, 6) is -1.54. The van der Waals surface area contributed by atoms with Crippen molar-refractivity contribution in [3.8, 4) is 0 Å². The van der Waals surface area contributed by atoms with E-state index < -0.39 is 35.3 Å². The number of aromatic nitrogens is 2. The number of nitrogens with one attached hydrogen (secondary N) is 1. The Bertz CT molecular complexity index is 531. The first kappa shape index (κ1) is 14.7. The van der Waals surface area contributed by atoms with E-state index in [9.17, 15) is 23.1 Å². The van der Waals surface area contributed by atoms with Gasteiger partial charge in [0.2, 0.25) is 0 Å². The van der Waals surface area contributed by atoms with Crippen LogP contribution in [0.4, 0.5) is 19.0 Å². The number of carbonyl (C=O) groups excluding carboxylic acids is 1. The van der Waals surface area contributed by atoms with Crippen LogP contribution < -0.4 is 10.4 Å². The summed E-state index contributed by atoms with van der Waals surface area (Å²) in [5, 5.41) is 17.2. The van der Waals surface area contributed by atoms with Crippen LogP contribution in [0.3, 0.4) is 0 Å². The third kappa shape index (κ3) is 2.59. The largest absolute Gasteiger partial charge is 0.543 e. The van der Waals surface area contributed by atoms with Gasteiger partial charge < -0.3 is 15.2 Å². The number of fused-ring (bicyclic) bond motifs is 1. The van der Waals surface area contributed by atoms with Gasteiger partial charge in [0.1, 0.15) is 11.5 Å². The van der Waals surface area contributed by atoms with Gasteiger partial charge in [-0.15, -0.1) is 0 Å². The van der Waals surface area contributed by atoms with Crippen molar-refractivity contribution < 1.29 is 23.1 Å². The van der Waals surface area contributed by atoms with Crippen molar-refractivity contribution in [2.45, 2.75) is 45.5 Å². The molecule has 1 aliphatic heterocycles. The van der Waals surface area contributed by atoms with E-state index in [0.29, 0.717) is 4.68 Å². The fourth-order valence-corrected chi connectivity index (χ4v) is 2.24. The van der Waals surface area contributed by atoms with Gasteiger partial charge in [-0.2, -0.15) is 18.3 Å². The minimum absolute atomic E-state index is 0.0534. The lowest BCUT2D eigenvalue weighted by molar-refractivity contribution is -0.255. The molecule has 0 fully saturated rings. The second-order valence-corrected chi connectivity index (χ2v) is 6.00. The zero-order valence-corrected chi connectivity index (χ0v) is 11.3. The molecule has 0 amide bonds. The van der Waals surface area contributed by atoms with E-state index in [1.165, 1.54) is 0 Å². The summed E-state index contributed by atoms with van der Waals surface area (Å²) in [5.41, 5.74) is -0.906. The van der Waals surface area contributed by atoms with Crippen LogP contribution >= 0.6 is 0 Å². The number of carboxylic acids is 1. The van der Waals surface area contributed by atoms with Gasteiger partial charge in [-0.05, 0) is 11.8 Å². The highest BCUT2D eigenvalue weighted by Gasteiger charge is 2.48. The summed E-state index contributed by atoms with van der Waals surface area (Å²) in [6.45, 7) is 5.47. The highest BCUT2D eigenvalue weighted by atomic mass is 19.4. The Hall–Kier alpha value is -1.73. The number of hydrogen-bond acceptors (Lipinski definition) is 4. The van der Waals surface area contributed by atoms with Gasteiger partial charge in [-0.1, -0.05) is 20.8 Å². The summed E-state index contributed by atoms with van der Waals surface area (Å²) < 4.78 is 40.1. The van der Waals surface area contributed by atoms with E-state index in [-0.39, 0.29) is 12.2 Å². The lowest BCUT2D eigenvalue weighted by atomic mass is 9.82. The first-order valence-corrected chi connectivity index (χ1v) is 6.14. The molecule has 1 aromatic rings. The van der Waals surface area contributed by atoms with E-state index in [4.69, 9.17) is 0 Å². The third-order valence-corrected chi connectivity index (χ3v) is 3.44. The van der Waals surface area contributed by atoms with Crippen molar-refractivity contribution in [1.82, 2.24) is 9.78 Å². The predicted octanol–water partition coefficient (Wildman–Crippen LogP) is 1.58. The average Bonchev–Trinajstić information content (AvgIpc) is 2.68. The van der Waals surface area contributed by atoms with Crippen molar-refractivity contribution in [1.29, 1.82) is 0 Å². The number of nitrogens with zero attached hydrogens (tertiary/aromatic N) is 2. The summed E-state index contributed by atoms with van der Waals surface area (Å²) >= 11 is 0. The number of aromatic carboxylic acids is 1. The molecule has 1 N–H and O–H groups in total. The molecule has 5 nitrogen and oxygen atoms in total. The smallest absolute Gasteiger partial charge is 0.410 e. The molecular weight excluding hydrogens is 275 g/mol. The Balaban J connectivity index is 2.47. The van der Waals surface area contributed by atoms with Gasteiger partial charge in [-0.3, -0.25) is 0 Å². The van der Waals surface area contributed by atoms with Crippen molar-refractivity contribution >= 4 is 11.8 Å². The second-order valence-electron chi connectivity index (χ2n) is 6.00. The van der Waals surface area contributed by atoms with Crippen LogP contribution in [0.15, 0.2) is 6.07 Å². The molecule has 2 atom stereocenters. The van der Waals surface area contributed by atoms with Crippen molar-refractivity contribution in [2.75, 3.05) is 5.32 Å². The van der Waals surface area contributed by atoms with E-state index in [2.05, 4.69) is 10.4 Å². The van der Waals surface area contributed by atoms with Gasteiger partial charge >= 0.3 is 6.18 Å². The highest BCUT2D eigenvalue weighted by Crippen LogP contribution is 2.42. The molecule has 112 valence electrons. The number of rotatable bonds is 1. The van der Waals surface area contributed by atoms with Gasteiger partial charge in [0.05, 0.1) is 5.97 Å². The standard InChI is InChI=1S/C12H16F3N3O2/c1-11(2,3)7-5-8(12(13,14)15)18-9(16-7)4-6(17-18)10(19)20/h4,7-8,16H,5H2,1-3H3,(H,19,20)/p-1/t7-,8+/m1/s1. The lowest BCUT2D eigenvalue weighted by Crippen LogP contribution is -2.44. The van der Waals surface area contributed by atoms with Crippen LogP contribution in [-0.4, -0.2) is 28.0 Å². The summed E-state index contributed by atoms with van der Waals surface area (Å²) in [6.07, 6.45) is -4.69. The van der Waals surface area contributed by atoms with Crippen LogP contribution in [0.25, 0.3) is 0 Å². The predicted molar refractivity (Wildman–Crippen MR) is 63.1 cm³/mol. The maximum atomic E-state index is 13.1. The molecule has 0 aromatic carbocycles. The fourth-order valence-electron chi connectivity index (χ4n) is 2.24. The van der Waals surface area contributed by atoms with Gasteiger partial charge in [0, 0.05) is 12.1 Å². The van der Waals surface area contributed by atoms with Crippen LogP contribution in [0.5, 0.6) is 0 Å². The first-order chi connectivity index (χ1) is 9.00. The SMILES string of the molecule is CC(C)(C)[C@H]1C[C@@H](C(F)(F)F)n2nc(C(=O)[O-])cc2N1. The summed E-state index contributed by atoms with van der Waals surface area (Å²) in [4.78, 5) is 10.8. The molecule has 1 aromatic heterocycles. The molecule has 2 rings (SSSR count). The number of anilines is 1. The Labute approximate surface area is 113 Å². The maximum absolute atomic E-state index is 13.1. The number of hydrogen-bond donors (Lipinski definition) is 1. The molecule has 0 aliphatic carbocycles.